The number of benzene rings is 2. The zero-order chi connectivity index (χ0) is 20.3. The van der Waals surface area contributed by atoms with Gasteiger partial charge in [0, 0.05) is 21.7 Å². The van der Waals surface area contributed by atoms with E-state index in [2.05, 4.69) is 0 Å². The molecule has 0 aliphatic rings. The normalized spacial score (nSPS) is 10.7. The molecule has 0 spiro atoms. The number of carbonyl (C=O) groups is 2. The summed E-state index contributed by atoms with van der Waals surface area (Å²) in [6.45, 7) is 1.73. The first-order valence-electron chi connectivity index (χ1n) is 8.43. The molecular formula is C20H18FNO5S. The van der Waals surface area contributed by atoms with Crippen molar-refractivity contribution in [3.05, 3.63) is 58.2 Å². The van der Waals surface area contributed by atoms with E-state index < -0.39 is 17.7 Å². The highest BCUT2D eigenvalue weighted by molar-refractivity contribution is 7.21. The van der Waals surface area contributed by atoms with E-state index in [0.717, 1.165) is 11.3 Å². The molecule has 1 amide bonds. The SMILES string of the molecule is CCOC(=O)c1sc2cccc(F)c2c1COc1cc(OC)ccc1C(N)=O. The van der Waals surface area contributed by atoms with Crippen LogP contribution >= 0.6 is 11.3 Å². The quantitative estimate of drug-likeness (QED) is 0.605. The Hall–Kier alpha value is -3.13. The zero-order valence-electron chi connectivity index (χ0n) is 15.3. The molecule has 0 saturated heterocycles. The van der Waals surface area contributed by atoms with Gasteiger partial charge in [-0.15, -0.1) is 11.3 Å². The smallest absolute Gasteiger partial charge is 0.348 e. The lowest BCUT2D eigenvalue weighted by molar-refractivity contribution is 0.0529. The van der Waals surface area contributed by atoms with Gasteiger partial charge < -0.3 is 19.9 Å². The van der Waals surface area contributed by atoms with E-state index in [9.17, 15) is 14.0 Å². The minimum absolute atomic E-state index is 0.150. The molecular weight excluding hydrogens is 385 g/mol. The maximum absolute atomic E-state index is 14.5. The number of thiophene rings is 1. The molecule has 1 heterocycles. The Morgan fingerprint density at radius 3 is 2.68 bits per heavy atom. The summed E-state index contributed by atoms with van der Waals surface area (Å²) < 4.78 is 31.1. The number of halogens is 1. The zero-order valence-corrected chi connectivity index (χ0v) is 16.1. The van der Waals surface area contributed by atoms with Crippen LogP contribution < -0.4 is 15.2 Å². The molecule has 28 heavy (non-hydrogen) atoms. The van der Waals surface area contributed by atoms with E-state index in [1.807, 2.05) is 0 Å². The lowest BCUT2D eigenvalue weighted by Crippen LogP contribution is -2.13. The van der Waals surface area contributed by atoms with Crippen LogP contribution in [0.4, 0.5) is 4.39 Å². The molecule has 0 aliphatic heterocycles. The van der Waals surface area contributed by atoms with Gasteiger partial charge in [-0.1, -0.05) is 6.07 Å². The average Bonchev–Trinajstić information content (AvgIpc) is 3.06. The van der Waals surface area contributed by atoms with Crippen molar-refractivity contribution in [3.63, 3.8) is 0 Å². The molecule has 0 fully saturated rings. The van der Waals surface area contributed by atoms with Crippen molar-refractivity contribution in [2.24, 2.45) is 5.73 Å². The number of amides is 1. The number of nitrogens with two attached hydrogens (primary N) is 1. The molecule has 0 unspecified atom stereocenters. The fourth-order valence-electron chi connectivity index (χ4n) is 2.77. The van der Waals surface area contributed by atoms with Crippen molar-refractivity contribution in [2.45, 2.75) is 13.5 Å². The summed E-state index contributed by atoms with van der Waals surface area (Å²) in [5.41, 5.74) is 5.90. The number of hydrogen-bond acceptors (Lipinski definition) is 6. The molecule has 3 rings (SSSR count). The number of carbonyl (C=O) groups excluding carboxylic acids is 2. The molecule has 0 bridgehead atoms. The van der Waals surface area contributed by atoms with Crippen LogP contribution in [0.3, 0.4) is 0 Å². The van der Waals surface area contributed by atoms with Crippen LogP contribution in [0.5, 0.6) is 11.5 Å². The molecule has 2 N–H and O–H groups in total. The van der Waals surface area contributed by atoms with Crippen LogP contribution in [0, 0.1) is 5.82 Å². The highest BCUT2D eigenvalue weighted by Gasteiger charge is 2.23. The predicted octanol–water partition coefficient (Wildman–Crippen LogP) is 3.90. The lowest BCUT2D eigenvalue weighted by atomic mass is 10.1. The highest BCUT2D eigenvalue weighted by Crippen LogP contribution is 2.35. The summed E-state index contributed by atoms with van der Waals surface area (Å²) >= 11 is 1.13. The number of ether oxygens (including phenoxy) is 3. The van der Waals surface area contributed by atoms with E-state index in [4.69, 9.17) is 19.9 Å². The summed E-state index contributed by atoms with van der Waals surface area (Å²) in [6.07, 6.45) is 0. The van der Waals surface area contributed by atoms with Gasteiger partial charge in [0.1, 0.15) is 28.8 Å². The van der Waals surface area contributed by atoms with E-state index in [0.29, 0.717) is 21.4 Å². The van der Waals surface area contributed by atoms with Gasteiger partial charge in [-0.2, -0.15) is 0 Å². The number of primary amides is 1. The third-order valence-electron chi connectivity index (χ3n) is 4.05. The second kappa shape index (κ2) is 8.26. The third kappa shape index (κ3) is 3.77. The van der Waals surface area contributed by atoms with Crippen molar-refractivity contribution in [1.82, 2.24) is 0 Å². The van der Waals surface area contributed by atoms with Crippen LogP contribution in [0.25, 0.3) is 10.1 Å². The Labute approximate surface area is 164 Å². The molecule has 0 atom stereocenters. The van der Waals surface area contributed by atoms with Gasteiger partial charge in [-0.05, 0) is 31.2 Å². The number of hydrogen-bond donors (Lipinski definition) is 1. The van der Waals surface area contributed by atoms with Crippen molar-refractivity contribution in [1.29, 1.82) is 0 Å². The van der Waals surface area contributed by atoms with Gasteiger partial charge in [0.25, 0.3) is 5.91 Å². The molecule has 0 saturated carbocycles. The summed E-state index contributed by atoms with van der Waals surface area (Å²) in [6, 6.07) is 9.17. The molecule has 6 nitrogen and oxygen atoms in total. The lowest BCUT2D eigenvalue weighted by Gasteiger charge is -2.12. The number of esters is 1. The third-order valence-corrected chi connectivity index (χ3v) is 5.23. The van der Waals surface area contributed by atoms with E-state index in [1.165, 1.54) is 25.3 Å². The van der Waals surface area contributed by atoms with Gasteiger partial charge in [-0.25, -0.2) is 9.18 Å². The minimum atomic E-state index is -0.676. The first-order chi connectivity index (χ1) is 13.5. The van der Waals surface area contributed by atoms with Crippen LogP contribution in [0.15, 0.2) is 36.4 Å². The van der Waals surface area contributed by atoms with Crippen LogP contribution in [0.2, 0.25) is 0 Å². The first-order valence-corrected chi connectivity index (χ1v) is 9.25. The van der Waals surface area contributed by atoms with Crippen molar-refractivity contribution < 1.29 is 28.2 Å². The summed E-state index contributed by atoms with van der Waals surface area (Å²) in [7, 11) is 1.48. The highest BCUT2D eigenvalue weighted by atomic mass is 32.1. The number of methoxy groups -OCH3 is 1. The predicted molar refractivity (Wildman–Crippen MR) is 104 cm³/mol. The minimum Gasteiger partial charge on any atom is -0.497 e. The largest absolute Gasteiger partial charge is 0.497 e. The molecule has 3 aromatic rings. The standard InChI is InChI=1S/C20H18FNO5S/c1-3-26-20(24)18-13(17-14(21)5-4-6-16(17)28-18)10-27-15-9-11(25-2)7-8-12(15)19(22)23/h4-9H,3,10H2,1-2H3,(H2,22,23). The van der Waals surface area contributed by atoms with E-state index in [1.54, 1.807) is 25.1 Å². The van der Waals surface area contributed by atoms with Crippen LogP contribution in [0.1, 0.15) is 32.5 Å². The fraction of sp³-hybridized carbons (Fsp3) is 0.200. The van der Waals surface area contributed by atoms with Gasteiger partial charge in [-0.3, -0.25) is 4.79 Å². The Morgan fingerprint density at radius 2 is 2.00 bits per heavy atom. The van der Waals surface area contributed by atoms with Crippen molar-refractivity contribution in [2.75, 3.05) is 13.7 Å². The van der Waals surface area contributed by atoms with E-state index in [-0.39, 0.29) is 29.4 Å². The van der Waals surface area contributed by atoms with Gasteiger partial charge in [0.2, 0.25) is 0 Å². The first kappa shape index (κ1) is 19.6. The second-order valence-electron chi connectivity index (χ2n) is 5.76. The topological polar surface area (TPSA) is 87.8 Å². The monoisotopic (exact) mass is 403 g/mol. The maximum atomic E-state index is 14.5. The maximum Gasteiger partial charge on any atom is 0.348 e. The molecule has 0 aliphatic carbocycles. The Balaban J connectivity index is 2.04. The van der Waals surface area contributed by atoms with Gasteiger partial charge >= 0.3 is 5.97 Å². The fourth-order valence-corrected chi connectivity index (χ4v) is 3.88. The Bertz CT molecular complexity index is 1050. The average molecular weight is 403 g/mol. The van der Waals surface area contributed by atoms with Crippen molar-refractivity contribution in [3.8, 4) is 11.5 Å². The number of fused-ring (bicyclic) bond motifs is 1. The molecule has 8 heteroatoms. The van der Waals surface area contributed by atoms with Crippen molar-refractivity contribution >= 4 is 33.3 Å². The second-order valence-corrected chi connectivity index (χ2v) is 6.81. The molecule has 1 aromatic heterocycles. The van der Waals surface area contributed by atoms with Crippen LogP contribution in [-0.2, 0) is 11.3 Å². The van der Waals surface area contributed by atoms with Gasteiger partial charge in [0.05, 0.1) is 19.3 Å². The van der Waals surface area contributed by atoms with Gasteiger partial charge in [0.15, 0.2) is 0 Å². The summed E-state index contributed by atoms with van der Waals surface area (Å²) in [5.74, 6) is -1.06. The summed E-state index contributed by atoms with van der Waals surface area (Å²) in [4.78, 5) is 24.3. The molecule has 0 radical (unpaired) electrons. The number of rotatable bonds is 7. The summed E-state index contributed by atoms with van der Waals surface area (Å²) in [5, 5.41) is 0.291. The molecule has 2 aromatic carbocycles. The van der Waals surface area contributed by atoms with E-state index >= 15 is 0 Å². The Kier molecular flexibility index (Phi) is 5.79. The Morgan fingerprint density at radius 1 is 1.21 bits per heavy atom. The van der Waals surface area contributed by atoms with Crippen LogP contribution in [-0.4, -0.2) is 25.6 Å². The molecule has 146 valence electrons.